The van der Waals surface area contributed by atoms with E-state index >= 15 is 0 Å². The molecule has 3 heteroatoms. The fraction of sp³-hybridized carbons (Fsp3) is 0.312. The summed E-state index contributed by atoms with van der Waals surface area (Å²) in [6.07, 6.45) is 0. The molecule has 2 aromatic rings. The Labute approximate surface area is 114 Å². The molecule has 0 atom stereocenters. The van der Waals surface area contributed by atoms with Gasteiger partial charge in [-0.25, -0.2) is 0 Å². The number of rotatable bonds is 3. The molecule has 1 N–H and O–H groups in total. The van der Waals surface area contributed by atoms with E-state index in [2.05, 4.69) is 64.6 Å². The van der Waals surface area contributed by atoms with Crippen LogP contribution in [0.15, 0.2) is 47.5 Å². The van der Waals surface area contributed by atoms with Crippen molar-refractivity contribution in [3.05, 3.63) is 48.0 Å². The van der Waals surface area contributed by atoms with Gasteiger partial charge in [-0.15, -0.1) is 0 Å². The minimum atomic E-state index is 0.830. The van der Waals surface area contributed by atoms with Crippen molar-refractivity contribution in [3.63, 3.8) is 0 Å². The summed E-state index contributed by atoms with van der Waals surface area (Å²) in [5, 5.41) is 6.08. The second-order valence-corrected chi connectivity index (χ2v) is 4.78. The Bertz CT molecular complexity index is 598. The number of nitrogens with zero attached hydrogens (tertiary/aromatic N) is 2. The third-order valence-electron chi connectivity index (χ3n) is 3.63. The molecule has 3 rings (SSSR count). The predicted octanol–water partition coefficient (Wildman–Crippen LogP) is 2.62. The van der Waals surface area contributed by atoms with Crippen molar-refractivity contribution in [3.8, 4) is 0 Å². The van der Waals surface area contributed by atoms with Gasteiger partial charge in [0.25, 0.3) is 0 Å². The van der Waals surface area contributed by atoms with Gasteiger partial charge in [0.1, 0.15) is 0 Å². The lowest BCUT2D eigenvalue weighted by molar-refractivity contribution is 0.466. The zero-order chi connectivity index (χ0) is 13.1. The first-order valence-corrected chi connectivity index (χ1v) is 6.88. The molecular formula is C16H19N3. The molecule has 0 aromatic heterocycles. The van der Waals surface area contributed by atoms with E-state index < -0.39 is 0 Å². The standard InChI is InChI=1S/C16H19N3/c1-2-19-11-10-17-16(19)18-12-14-8-5-7-13-6-3-4-9-15(13)14/h3-9H,2,10-12H2,1H3,(H,17,18). The minimum absolute atomic E-state index is 0.830. The lowest BCUT2D eigenvalue weighted by Crippen LogP contribution is -2.37. The molecule has 0 radical (unpaired) electrons. The molecule has 0 saturated carbocycles. The van der Waals surface area contributed by atoms with Crippen LogP contribution in [0.3, 0.4) is 0 Å². The van der Waals surface area contributed by atoms with Crippen molar-refractivity contribution < 1.29 is 0 Å². The van der Waals surface area contributed by atoms with Crippen molar-refractivity contribution in [2.24, 2.45) is 4.99 Å². The fourth-order valence-electron chi connectivity index (χ4n) is 2.58. The Balaban J connectivity index is 1.79. The zero-order valence-corrected chi connectivity index (χ0v) is 11.3. The van der Waals surface area contributed by atoms with Gasteiger partial charge in [0, 0.05) is 19.6 Å². The van der Waals surface area contributed by atoms with Gasteiger partial charge in [-0.2, -0.15) is 0 Å². The lowest BCUT2D eigenvalue weighted by Gasteiger charge is -2.19. The highest BCUT2D eigenvalue weighted by Gasteiger charge is 2.14. The van der Waals surface area contributed by atoms with Crippen LogP contribution in [-0.4, -0.2) is 30.5 Å². The van der Waals surface area contributed by atoms with Crippen molar-refractivity contribution in [2.75, 3.05) is 19.6 Å². The van der Waals surface area contributed by atoms with Crippen LogP contribution in [0.5, 0.6) is 0 Å². The molecule has 0 aliphatic carbocycles. The number of guanidine groups is 1. The van der Waals surface area contributed by atoms with Crippen molar-refractivity contribution in [2.45, 2.75) is 13.5 Å². The number of aliphatic imine (C=N–C) groups is 1. The number of nitrogens with one attached hydrogen (secondary N) is 1. The third-order valence-corrected chi connectivity index (χ3v) is 3.63. The van der Waals surface area contributed by atoms with E-state index in [1.54, 1.807) is 0 Å². The number of fused-ring (bicyclic) bond motifs is 1. The summed E-state index contributed by atoms with van der Waals surface area (Å²) in [5.41, 5.74) is 1.32. The molecule has 0 spiro atoms. The van der Waals surface area contributed by atoms with Gasteiger partial charge in [0.2, 0.25) is 0 Å². The first-order valence-electron chi connectivity index (χ1n) is 6.88. The fourth-order valence-corrected chi connectivity index (χ4v) is 2.58. The summed E-state index contributed by atoms with van der Waals surface area (Å²) in [4.78, 5) is 6.80. The van der Waals surface area contributed by atoms with Gasteiger partial charge in [0.15, 0.2) is 5.96 Å². The Morgan fingerprint density at radius 2 is 2.00 bits per heavy atom. The monoisotopic (exact) mass is 253 g/mol. The second-order valence-electron chi connectivity index (χ2n) is 4.78. The quantitative estimate of drug-likeness (QED) is 0.910. The number of hydrogen-bond acceptors (Lipinski definition) is 3. The molecule has 1 heterocycles. The summed E-state index contributed by atoms with van der Waals surface area (Å²) in [5.74, 6) is 1.04. The minimum Gasteiger partial charge on any atom is -0.352 e. The average Bonchev–Trinajstić information content (AvgIpc) is 2.92. The maximum atomic E-state index is 4.51. The molecule has 0 unspecified atom stereocenters. The SMILES string of the molecule is CCN1CCN=C1NCc1cccc2ccccc12. The van der Waals surface area contributed by atoms with Crippen LogP contribution in [0.2, 0.25) is 0 Å². The van der Waals surface area contributed by atoms with E-state index in [1.165, 1.54) is 16.3 Å². The normalized spacial score (nSPS) is 14.8. The van der Waals surface area contributed by atoms with Crippen molar-refractivity contribution >= 4 is 16.7 Å². The average molecular weight is 253 g/mol. The summed E-state index contributed by atoms with van der Waals surface area (Å²) < 4.78 is 0. The first kappa shape index (κ1) is 12.0. The van der Waals surface area contributed by atoms with Gasteiger partial charge in [-0.3, -0.25) is 4.99 Å². The molecule has 1 aliphatic heterocycles. The maximum absolute atomic E-state index is 4.51. The molecule has 1 aliphatic rings. The Hall–Kier alpha value is -2.03. The van der Waals surface area contributed by atoms with E-state index in [0.29, 0.717) is 0 Å². The van der Waals surface area contributed by atoms with E-state index in [9.17, 15) is 0 Å². The van der Waals surface area contributed by atoms with Gasteiger partial charge in [0.05, 0.1) is 6.54 Å². The molecule has 0 fully saturated rings. The molecule has 3 nitrogen and oxygen atoms in total. The number of likely N-dealkylation sites (N-methyl/N-ethyl adjacent to an activating group) is 1. The molecule has 0 saturated heterocycles. The van der Waals surface area contributed by atoms with E-state index in [1.807, 2.05) is 0 Å². The number of hydrogen-bond donors (Lipinski definition) is 1. The van der Waals surface area contributed by atoms with Crippen LogP contribution < -0.4 is 5.32 Å². The maximum Gasteiger partial charge on any atom is 0.194 e. The summed E-state index contributed by atoms with van der Waals surface area (Å²) in [6.45, 7) is 5.96. The second kappa shape index (κ2) is 5.31. The van der Waals surface area contributed by atoms with Gasteiger partial charge >= 0.3 is 0 Å². The van der Waals surface area contributed by atoms with Gasteiger partial charge in [-0.1, -0.05) is 42.5 Å². The number of benzene rings is 2. The van der Waals surface area contributed by atoms with Crippen LogP contribution in [0, 0.1) is 0 Å². The molecule has 98 valence electrons. The van der Waals surface area contributed by atoms with E-state index in [0.717, 1.165) is 32.1 Å². The zero-order valence-electron chi connectivity index (χ0n) is 11.3. The van der Waals surface area contributed by atoms with Gasteiger partial charge in [-0.05, 0) is 23.3 Å². The van der Waals surface area contributed by atoms with E-state index in [4.69, 9.17) is 0 Å². The topological polar surface area (TPSA) is 27.6 Å². The summed E-state index contributed by atoms with van der Waals surface area (Å²) in [7, 11) is 0. The van der Waals surface area contributed by atoms with Crippen molar-refractivity contribution in [1.82, 2.24) is 10.2 Å². The smallest absolute Gasteiger partial charge is 0.194 e. The highest BCUT2D eigenvalue weighted by atomic mass is 15.3. The lowest BCUT2D eigenvalue weighted by atomic mass is 10.0. The van der Waals surface area contributed by atoms with Crippen LogP contribution >= 0.6 is 0 Å². The Kier molecular flexibility index (Phi) is 3.36. The van der Waals surface area contributed by atoms with Gasteiger partial charge < -0.3 is 10.2 Å². The highest BCUT2D eigenvalue weighted by molar-refractivity contribution is 5.86. The molecule has 0 amide bonds. The third kappa shape index (κ3) is 2.41. The van der Waals surface area contributed by atoms with Crippen LogP contribution in [0.25, 0.3) is 10.8 Å². The molecular weight excluding hydrogens is 234 g/mol. The van der Waals surface area contributed by atoms with E-state index in [-0.39, 0.29) is 0 Å². The van der Waals surface area contributed by atoms with Crippen LogP contribution in [-0.2, 0) is 6.54 Å². The Morgan fingerprint density at radius 3 is 2.89 bits per heavy atom. The van der Waals surface area contributed by atoms with Crippen LogP contribution in [0.4, 0.5) is 0 Å². The van der Waals surface area contributed by atoms with Crippen LogP contribution in [0.1, 0.15) is 12.5 Å². The van der Waals surface area contributed by atoms with Crippen molar-refractivity contribution in [1.29, 1.82) is 0 Å². The summed E-state index contributed by atoms with van der Waals surface area (Å²) >= 11 is 0. The molecule has 2 aromatic carbocycles. The molecule has 0 bridgehead atoms. The predicted molar refractivity (Wildman–Crippen MR) is 80.3 cm³/mol. The largest absolute Gasteiger partial charge is 0.352 e. The summed E-state index contributed by atoms with van der Waals surface area (Å²) in [6, 6.07) is 15.0. The first-order chi connectivity index (χ1) is 9.38. The highest BCUT2D eigenvalue weighted by Crippen LogP contribution is 2.18. The Morgan fingerprint density at radius 1 is 1.16 bits per heavy atom. The molecule has 19 heavy (non-hydrogen) atoms.